The molecular formula is C40H45N4O2+. The Morgan fingerprint density at radius 3 is 1.67 bits per heavy atom. The normalized spacial score (nSPS) is 21.9. The molecule has 0 aromatic heterocycles. The zero-order valence-electron chi connectivity index (χ0n) is 26.6. The summed E-state index contributed by atoms with van der Waals surface area (Å²) in [4.78, 5) is 26.7. The van der Waals surface area contributed by atoms with Crippen molar-refractivity contribution in [2.75, 3.05) is 26.2 Å². The Morgan fingerprint density at radius 2 is 1.15 bits per heavy atom. The van der Waals surface area contributed by atoms with Gasteiger partial charge in [0.1, 0.15) is 24.0 Å². The molecule has 3 unspecified atom stereocenters. The number of hydrogen-bond donors (Lipinski definition) is 2. The molecule has 6 heteroatoms. The van der Waals surface area contributed by atoms with Gasteiger partial charge >= 0.3 is 0 Å². The highest BCUT2D eigenvalue weighted by Crippen LogP contribution is 2.44. The number of hydrogen-bond acceptors (Lipinski definition) is 3. The Bertz CT molecular complexity index is 1660. The molecule has 0 bridgehead atoms. The number of amides is 2. The van der Waals surface area contributed by atoms with Crippen molar-refractivity contribution >= 4 is 23.2 Å². The van der Waals surface area contributed by atoms with Crippen molar-refractivity contribution in [3.8, 4) is 0 Å². The number of carbonyl (C=O) groups excluding carboxylic acids is 2. The molecule has 46 heavy (non-hydrogen) atoms. The molecule has 2 aliphatic carbocycles. The van der Waals surface area contributed by atoms with Crippen molar-refractivity contribution in [1.82, 2.24) is 9.38 Å². The van der Waals surface area contributed by atoms with E-state index in [4.69, 9.17) is 11.5 Å². The third-order valence-corrected chi connectivity index (χ3v) is 11.2. The van der Waals surface area contributed by atoms with E-state index in [9.17, 15) is 9.59 Å². The lowest BCUT2D eigenvalue weighted by atomic mass is 9.90. The van der Waals surface area contributed by atoms with Gasteiger partial charge in [-0.2, -0.15) is 0 Å². The summed E-state index contributed by atoms with van der Waals surface area (Å²) < 4.78 is 0.676. The zero-order chi connectivity index (χ0) is 31.7. The van der Waals surface area contributed by atoms with Gasteiger partial charge in [-0.25, -0.2) is 0 Å². The molecule has 1 aliphatic heterocycles. The van der Waals surface area contributed by atoms with Gasteiger partial charge in [0, 0.05) is 48.4 Å². The predicted molar refractivity (Wildman–Crippen MR) is 185 cm³/mol. The standard InChI is InChI=1S/C40H44N4O2/c41-39(45)32-14-18-34(19-15-32)44(35-20-16-33(17-21-35)40(42)46)26-25-43(24-23-31-12-10-29-6-2-4-8-38(29)31)27-36(44)22-13-30-11-9-28-5-1-3-7-37(28)30/h1-8,14-21,30-31,36H,9-13,22-27H2,(H3-,41,42,45,46)/p+1. The minimum Gasteiger partial charge on any atom is -0.366 e. The molecule has 0 saturated carbocycles. The van der Waals surface area contributed by atoms with Crippen LogP contribution < -0.4 is 16.0 Å². The summed E-state index contributed by atoms with van der Waals surface area (Å²) in [5, 5.41) is 0. The van der Waals surface area contributed by atoms with Crippen LogP contribution in [-0.4, -0.2) is 48.9 Å². The molecular weight excluding hydrogens is 568 g/mol. The number of aryl methyl sites for hydroxylation is 2. The van der Waals surface area contributed by atoms with Gasteiger partial charge in [0.05, 0.1) is 6.54 Å². The van der Waals surface area contributed by atoms with Crippen LogP contribution >= 0.6 is 0 Å². The van der Waals surface area contributed by atoms with Crippen LogP contribution in [0.15, 0.2) is 97.1 Å². The van der Waals surface area contributed by atoms with Crippen molar-refractivity contribution in [2.45, 2.75) is 62.8 Å². The van der Waals surface area contributed by atoms with Crippen LogP contribution in [0.1, 0.15) is 86.9 Å². The van der Waals surface area contributed by atoms with Gasteiger partial charge in [0.2, 0.25) is 11.8 Å². The molecule has 4 aromatic carbocycles. The monoisotopic (exact) mass is 613 g/mol. The minimum absolute atomic E-state index is 0.288. The average Bonchev–Trinajstić information content (AvgIpc) is 3.70. The van der Waals surface area contributed by atoms with Crippen molar-refractivity contribution in [3.05, 3.63) is 130 Å². The van der Waals surface area contributed by atoms with E-state index < -0.39 is 11.8 Å². The molecule has 236 valence electrons. The fourth-order valence-corrected chi connectivity index (χ4v) is 8.76. The number of fused-ring (bicyclic) bond motifs is 2. The summed E-state index contributed by atoms with van der Waals surface area (Å²) in [7, 11) is 0. The highest BCUT2D eigenvalue weighted by atomic mass is 16.1. The van der Waals surface area contributed by atoms with Gasteiger partial charge in [0.15, 0.2) is 0 Å². The SMILES string of the molecule is NC(=O)c1ccc([N+]2(c3ccc(C(N)=O)cc3)CCN(CCC3CCc4ccccc43)CC2CCC2CCc3ccccc32)cc1. The number of benzene rings is 4. The van der Waals surface area contributed by atoms with Crippen LogP contribution in [0.25, 0.3) is 0 Å². The number of nitrogens with two attached hydrogens (primary N) is 2. The zero-order valence-corrected chi connectivity index (χ0v) is 26.6. The molecule has 3 aliphatic rings. The van der Waals surface area contributed by atoms with E-state index >= 15 is 0 Å². The Labute approximate surface area is 272 Å². The lowest BCUT2D eigenvalue weighted by molar-refractivity contribution is 0.0992. The van der Waals surface area contributed by atoms with Gasteiger partial charge < -0.3 is 11.5 Å². The number of nitrogens with zero attached hydrogens (tertiary/aromatic N) is 2. The van der Waals surface area contributed by atoms with Crippen molar-refractivity contribution in [1.29, 1.82) is 0 Å². The van der Waals surface area contributed by atoms with E-state index in [-0.39, 0.29) is 6.04 Å². The second-order valence-electron chi connectivity index (χ2n) is 13.6. The number of quaternary nitrogens is 1. The first-order valence-electron chi connectivity index (χ1n) is 17.0. The van der Waals surface area contributed by atoms with Gasteiger partial charge in [-0.15, -0.1) is 0 Å². The molecule has 1 fully saturated rings. The summed E-state index contributed by atoms with van der Waals surface area (Å²) in [6, 6.07) is 34.1. The van der Waals surface area contributed by atoms with Gasteiger partial charge in [0.25, 0.3) is 0 Å². The van der Waals surface area contributed by atoms with Crippen LogP contribution in [0.4, 0.5) is 11.4 Å². The Hall–Kier alpha value is -4.26. The second-order valence-corrected chi connectivity index (χ2v) is 13.6. The fourth-order valence-electron chi connectivity index (χ4n) is 8.76. The summed E-state index contributed by atoms with van der Waals surface area (Å²) in [6.07, 6.45) is 8.17. The maximum atomic E-state index is 12.0. The molecule has 4 N–H and O–H groups in total. The van der Waals surface area contributed by atoms with Crippen LogP contribution in [0.3, 0.4) is 0 Å². The average molecular weight is 614 g/mol. The quantitative estimate of drug-likeness (QED) is 0.192. The van der Waals surface area contributed by atoms with E-state index in [0.717, 1.165) is 56.8 Å². The summed E-state index contributed by atoms with van der Waals surface area (Å²) >= 11 is 0. The third-order valence-electron chi connectivity index (χ3n) is 11.2. The molecule has 4 aromatic rings. The summed E-state index contributed by atoms with van der Waals surface area (Å²) in [5.41, 5.74) is 20.7. The second kappa shape index (κ2) is 12.9. The minimum atomic E-state index is -0.418. The maximum absolute atomic E-state index is 12.0. The number of primary amides is 2. The van der Waals surface area contributed by atoms with Crippen LogP contribution in [0.2, 0.25) is 0 Å². The Morgan fingerprint density at radius 1 is 0.652 bits per heavy atom. The lowest BCUT2D eigenvalue weighted by Crippen LogP contribution is -2.64. The van der Waals surface area contributed by atoms with E-state index in [1.807, 2.05) is 24.3 Å². The fraction of sp³-hybridized carbons (Fsp3) is 0.350. The highest BCUT2D eigenvalue weighted by molar-refractivity contribution is 5.94. The predicted octanol–water partition coefficient (Wildman–Crippen LogP) is 6.84. The van der Waals surface area contributed by atoms with E-state index in [1.54, 1.807) is 5.56 Å². The number of carbonyl (C=O) groups is 2. The van der Waals surface area contributed by atoms with E-state index in [1.165, 1.54) is 42.4 Å². The largest absolute Gasteiger partial charge is 0.366 e. The van der Waals surface area contributed by atoms with Gasteiger partial charge in [-0.1, -0.05) is 48.5 Å². The molecule has 2 amide bonds. The molecule has 0 radical (unpaired) electrons. The third kappa shape index (κ3) is 5.76. The Balaban J connectivity index is 1.21. The molecule has 6 nitrogen and oxygen atoms in total. The maximum Gasteiger partial charge on any atom is 0.248 e. The molecule has 1 saturated heterocycles. The Kier molecular flexibility index (Phi) is 8.50. The molecule has 7 rings (SSSR count). The first kappa shape index (κ1) is 30.4. The highest BCUT2D eigenvalue weighted by Gasteiger charge is 2.46. The van der Waals surface area contributed by atoms with Crippen molar-refractivity contribution in [3.63, 3.8) is 0 Å². The molecule has 1 heterocycles. The summed E-state index contributed by atoms with van der Waals surface area (Å²) in [6.45, 7) is 3.94. The van der Waals surface area contributed by atoms with Crippen molar-refractivity contribution < 1.29 is 9.59 Å². The first-order valence-corrected chi connectivity index (χ1v) is 17.0. The van der Waals surface area contributed by atoms with E-state index in [2.05, 4.69) is 77.7 Å². The molecule has 3 atom stereocenters. The van der Waals surface area contributed by atoms with Gasteiger partial charge in [-0.3, -0.25) is 19.0 Å². The van der Waals surface area contributed by atoms with Crippen LogP contribution in [-0.2, 0) is 12.8 Å². The van der Waals surface area contributed by atoms with Crippen LogP contribution in [0, 0.1) is 0 Å². The number of rotatable bonds is 10. The van der Waals surface area contributed by atoms with E-state index in [0.29, 0.717) is 27.4 Å². The number of piperazine rings is 1. The summed E-state index contributed by atoms with van der Waals surface area (Å²) in [5.74, 6) is 0.365. The first-order chi connectivity index (χ1) is 22.4. The van der Waals surface area contributed by atoms with Crippen LogP contribution in [0.5, 0.6) is 0 Å². The topological polar surface area (TPSA) is 89.4 Å². The smallest absolute Gasteiger partial charge is 0.248 e. The van der Waals surface area contributed by atoms with Gasteiger partial charge in [-0.05, 0) is 103 Å². The lowest BCUT2D eigenvalue weighted by Gasteiger charge is -2.50. The van der Waals surface area contributed by atoms with Crippen molar-refractivity contribution in [2.24, 2.45) is 11.5 Å². The molecule has 0 spiro atoms.